The molecule has 0 saturated carbocycles. The quantitative estimate of drug-likeness (QED) is 0.579. The van der Waals surface area contributed by atoms with E-state index in [0.29, 0.717) is 37.0 Å². The van der Waals surface area contributed by atoms with Crippen LogP contribution in [0.2, 0.25) is 0 Å². The van der Waals surface area contributed by atoms with Crippen LogP contribution >= 0.6 is 0 Å². The molecule has 156 valence electrons. The number of carbonyl (C=O) groups excluding carboxylic acids is 1. The van der Waals surface area contributed by atoms with Crippen LogP contribution in [0.1, 0.15) is 22.8 Å². The van der Waals surface area contributed by atoms with E-state index in [1.165, 1.54) is 19.2 Å². The molecule has 11 heteroatoms. The fourth-order valence-corrected chi connectivity index (χ4v) is 3.05. The van der Waals surface area contributed by atoms with E-state index in [2.05, 4.69) is 20.6 Å². The molecule has 1 aromatic carbocycles. The molecule has 7 nitrogen and oxygen atoms in total. The van der Waals surface area contributed by atoms with Crippen molar-refractivity contribution < 1.29 is 27.1 Å². The van der Waals surface area contributed by atoms with Crippen LogP contribution in [0.25, 0.3) is 0 Å². The van der Waals surface area contributed by atoms with Gasteiger partial charge in [0.25, 0.3) is 0 Å². The van der Waals surface area contributed by atoms with Gasteiger partial charge in [-0.25, -0.2) is 9.37 Å². The second kappa shape index (κ2) is 8.19. The number of rotatable bonds is 5. The lowest BCUT2D eigenvalue weighted by Gasteiger charge is -2.31. The van der Waals surface area contributed by atoms with Gasteiger partial charge in [-0.3, -0.25) is 4.79 Å². The van der Waals surface area contributed by atoms with E-state index in [0.717, 1.165) is 6.41 Å². The molecule has 0 radical (unpaired) electrons. The van der Waals surface area contributed by atoms with E-state index in [-0.39, 0.29) is 11.6 Å². The molecule has 29 heavy (non-hydrogen) atoms. The van der Waals surface area contributed by atoms with E-state index < -0.39 is 29.5 Å². The summed E-state index contributed by atoms with van der Waals surface area (Å²) in [6, 6.07) is 2.77. The third-order valence-corrected chi connectivity index (χ3v) is 4.53. The number of hydrogen-bond donors (Lipinski definition) is 2. The fraction of sp³-hybridized carbons (Fsp3) is 0.389. The van der Waals surface area contributed by atoms with Crippen LogP contribution in [0.4, 0.5) is 35.0 Å². The highest BCUT2D eigenvalue weighted by atomic mass is 19.4. The van der Waals surface area contributed by atoms with Gasteiger partial charge in [0, 0.05) is 19.8 Å². The van der Waals surface area contributed by atoms with E-state index >= 15 is 0 Å². The Balaban J connectivity index is 1.85. The lowest BCUT2D eigenvalue weighted by molar-refractivity contribution is -0.137. The summed E-state index contributed by atoms with van der Waals surface area (Å²) in [6.45, 7) is 2.87. The normalized spacial score (nSPS) is 17.2. The van der Waals surface area contributed by atoms with Crippen molar-refractivity contribution in [3.63, 3.8) is 0 Å². The highest BCUT2D eigenvalue weighted by molar-refractivity contribution is 5.59. The number of hydrogen-bond acceptors (Lipinski definition) is 6. The Hall–Kier alpha value is -2.95. The minimum Gasteiger partial charge on any atom is -0.372 e. The Morgan fingerprint density at radius 3 is 2.76 bits per heavy atom. The first-order valence-electron chi connectivity index (χ1n) is 8.73. The van der Waals surface area contributed by atoms with Gasteiger partial charge < -0.3 is 20.3 Å². The van der Waals surface area contributed by atoms with Gasteiger partial charge >= 0.3 is 6.18 Å². The van der Waals surface area contributed by atoms with Gasteiger partial charge in [-0.2, -0.15) is 18.2 Å². The summed E-state index contributed by atoms with van der Waals surface area (Å²) in [7, 11) is 1.30. The lowest BCUT2D eigenvalue weighted by atomic mass is 10.0. The predicted molar refractivity (Wildman–Crippen MR) is 97.3 cm³/mol. The molecule has 1 amide bonds. The molecule has 3 rings (SSSR count). The molecule has 1 aliphatic rings. The number of alkyl halides is 3. The number of anilines is 3. The van der Waals surface area contributed by atoms with Crippen molar-refractivity contribution in [1.82, 2.24) is 14.9 Å². The Kier molecular flexibility index (Phi) is 5.87. The van der Waals surface area contributed by atoms with Gasteiger partial charge in [0.2, 0.25) is 12.4 Å². The fourth-order valence-electron chi connectivity index (χ4n) is 3.05. The Morgan fingerprint density at radius 2 is 2.10 bits per heavy atom. The van der Waals surface area contributed by atoms with Gasteiger partial charge in [-0.1, -0.05) is 0 Å². The zero-order valence-corrected chi connectivity index (χ0v) is 15.7. The molecule has 1 unspecified atom stereocenters. The molecule has 0 bridgehead atoms. The van der Waals surface area contributed by atoms with Crippen LogP contribution in [0, 0.1) is 12.7 Å². The first-order chi connectivity index (χ1) is 13.7. The van der Waals surface area contributed by atoms with Crippen molar-refractivity contribution >= 4 is 23.9 Å². The number of amides is 1. The van der Waals surface area contributed by atoms with Crippen molar-refractivity contribution in [1.29, 1.82) is 0 Å². The van der Waals surface area contributed by atoms with Crippen molar-refractivity contribution in [3.8, 4) is 0 Å². The van der Waals surface area contributed by atoms with E-state index in [9.17, 15) is 22.4 Å². The summed E-state index contributed by atoms with van der Waals surface area (Å²) in [6.07, 6.45) is -3.73. The summed E-state index contributed by atoms with van der Waals surface area (Å²) in [4.78, 5) is 19.9. The van der Waals surface area contributed by atoms with Crippen molar-refractivity contribution in [2.24, 2.45) is 0 Å². The van der Waals surface area contributed by atoms with Crippen LogP contribution in [-0.2, 0) is 15.7 Å². The molecule has 1 aliphatic heterocycles. The first-order valence-corrected chi connectivity index (χ1v) is 8.73. The van der Waals surface area contributed by atoms with Crippen LogP contribution in [0.5, 0.6) is 0 Å². The average molecular weight is 413 g/mol. The Morgan fingerprint density at radius 1 is 1.34 bits per heavy atom. The van der Waals surface area contributed by atoms with Crippen molar-refractivity contribution in [2.45, 2.75) is 19.2 Å². The average Bonchev–Trinajstić information content (AvgIpc) is 2.69. The maximum atomic E-state index is 14.6. The predicted octanol–water partition coefficient (Wildman–Crippen LogP) is 3.26. The van der Waals surface area contributed by atoms with Gasteiger partial charge in [0.05, 0.1) is 18.8 Å². The number of halogens is 4. The number of nitrogens with one attached hydrogen (secondary N) is 2. The topological polar surface area (TPSA) is 79.4 Å². The van der Waals surface area contributed by atoms with Crippen LogP contribution in [0.15, 0.2) is 18.3 Å². The maximum absolute atomic E-state index is 14.6. The van der Waals surface area contributed by atoms with Crippen LogP contribution < -0.4 is 10.6 Å². The number of benzene rings is 1. The van der Waals surface area contributed by atoms with Gasteiger partial charge in [0.15, 0.2) is 0 Å². The number of carbonyl (C=O) groups is 1. The molecule has 0 spiro atoms. The third kappa shape index (κ3) is 4.56. The minimum atomic E-state index is -4.62. The minimum absolute atomic E-state index is 0.0103. The lowest BCUT2D eigenvalue weighted by Crippen LogP contribution is -2.37. The number of aromatic nitrogens is 2. The van der Waals surface area contributed by atoms with Crippen LogP contribution in [0.3, 0.4) is 0 Å². The maximum Gasteiger partial charge on any atom is 0.421 e. The number of morpholine rings is 1. The van der Waals surface area contributed by atoms with E-state index in [4.69, 9.17) is 4.74 Å². The summed E-state index contributed by atoms with van der Waals surface area (Å²) in [5, 5.41) is 4.97. The van der Waals surface area contributed by atoms with Crippen molar-refractivity contribution in [2.75, 3.05) is 37.4 Å². The molecule has 0 aliphatic carbocycles. The summed E-state index contributed by atoms with van der Waals surface area (Å²) in [5.41, 5.74) is 0.263. The van der Waals surface area contributed by atoms with Crippen LogP contribution in [-0.4, -0.2) is 48.0 Å². The molecular weight excluding hydrogens is 394 g/mol. The highest BCUT2D eigenvalue weighted by Crippen LogP contribution is 2.34. The van der Waals surface area contributed by atoms with Gasteiger partial charge in [-0.15, -0.1) is 0 Å². The smallest absolute Gasteiger partial charge is 0.372 e. The molecule has 1 fully saturated rings. The molecule has 2 aromatic rings. The number of aryl methyl sites for hydroxylation is 1. The molecule has 1 saturated heterocycles. The second-order valence-electron chi connectivity index (χ2n) is 6.48. The van der Waals surface area contributed by atoms with E-state index in [1.807, 2.05) is 0 Å². The summed E-state index contributed by atoms with van der Waals surface area (Å²) < 4.78 is 59.1. The molecular formula is C18H19F4N5O2. The molecule has 1 aromatic heterocycles. The standard InChI is InChI=1S/C18H19F4N5O2/c1-10-5-14(13(19)6-11(10)15-8-27(9-28)3-4-29-15)25-17-24-7-12(18(20,21)22)16(23-2)26-17/h5-7,9,15H,3-4,8H2,1-2H3,(H2,23,24,25,26). The molecule has 2 N–H and O–H groups in total. The molecule has 2 heterocycles. The van der Waals surface area contributed by atoms with Crippen molar-refractivity contribution in [3.05, 3.63) is 40.8 Å². The Labute approximate surface area is 164 Å². The first kappa shape index (κ1) is 20.8. The largest absolute Gasteiger partial charge is 0.421 e. The monoisotopic (exact) mass is 413 g/mol. The molecule has 1 atom stereocenters. The summed E-state index contributed by atoms with van der Waals surface area (Å²) >= 11 is 0. The van der Waals surface area contributed by atoms with Gasteiger partial charge in [-0.05, 0) is 30.2 Å². The second-order valence-corrected chi connectivity index (χ2v) is 6.48. The zero-order chi connectivity index (χ0) is 21.2. The van der Waals surface area contributed by atoms with E-state index in [1.54, 1.807) is 11.8 Å². The Bertz CT molecular complexity index is 907. The highest BCUT2D eigenvalue weighted by Gasteiger charge is 2.35. The third-order valence-electron chi connectivity index (χ3n) is 4.53. The number of nitrogens with zero attached hydrogens (tertiary/aromatic N) is 3. The SMILES string of the molecule is CNc1nc(Nc2cc(C)c(C3CN(C=O)CCO3)cc2F)ncc1C(F)(F)F. The zero-order valence-electron chi connectivity index (χ0n) is 15.7. The van der Waals surface area contributed by atoms with Gasteiger partial charge in [0.1, 0.15) is 23.3 Å². The number of ether oxygens (including phenoxy) is 1. The summed E-state index contributed by atoms with van der Waals surface area (Å²) in [5.74, 6) is -1.25.